The summed E-state index contributed by atoms with van der Waals surface area (Å²) in [4.78, 5) is 36.0. The van der Waals surface area contributed by atoms with Crippen LogP contribution in [0, 0.1) is 0 Å². The number of H-pyrrole nitrogens is 1. The fourth-order valence-corrected chi connectivity index (χ4v) is 1.40. The van der Waals surface area contributed by atoms with E-state index in [1.807, 2.05) is 0 Å². The molecule has 0 saturated heterocycles. The maximum Gasteiger partial charge on any atom is 0.305 e. The number of aromatic amines is 1. The van der Waals surface area contributed by atoms with Gasteiger partial charge >= 0.3 is 5.97 Å². The first-order chi connectivity index (χ1) is 7.82. The highest BCUT2D eigenvalue weighted by molar-refractivity contribution is 5.94. The molecule has 0 spiro atoms. The minimum atomic E-state index is -1.02. The van der Waals surface area contributed by atoms with Crippen molar-refractivity contribution in [1.82, 2.24) is 10.3 Å². The molecule has 17 heavy (non-hydrogen) atoms. The van der Waals surface area contributed by atoms with Gasteiger partial charge in [0, 0.05) is 11.7 Å². The molecule has 6 nitrogen and oxygen atoms in total. The van der Waals surface area contributed by atoms with Crippen LogP contribution in [0.3, 0.4) is 0 Å². The van der Waals surface area contributed by atoms with Crippen LogP contribution >= 0.6 is 0 Å². The van der Waals surface area contributed by atoms with Gasteiger partial charge in [0.25, 0.3) is 11.5 Å². The quantitative estimate of drug-likeness (QED) is 0.705. The van der Waals surface area contributed by atoms with Crippen LogP contribution in [0.25, 0.3) is 0 Å². The average molecular weight is 238 g/mol. The summed E-state index contributed by atoms with van der Waals surface area (Å²) in [6.45, 7) is 3.16. The summed E-state index contributed by atoms with van der Waals surface area (Å²) in [6.07, 6.45) is 1.20. The van der Waals surface area contributed by atoms with Crippen molar-refractivity contribution in [2.75, 3.05) is 0 Å². The van der Waals surface area contributed by atoms with Crippen molar-refractivity contribution in [3.8, 4) is 0 Å². The second kappa shape index (κ2) is 4.82. The van der Waals surface area contributed by atoms with Gasteiger partial charge in [-0.15, -0.1) is 0 Å². The number of carboxylic acids is 1. The van der Waals surface area contributed by atoms with Crippen LogP contribution in [0.2, 0.25) is 0 Å². The van der Waals surface area contributed by atoms with E-state index in [-0.39, 0.29) is 12.0 Å². The highest BCUT2D eigenvalue weighted by Gasteiger charge is 2.25. The minimum Gasteiger partial charge on any atom is -0.481 e. The Kier molecular flexibility index (Phi) is 3.67. The first-order valence-electron chi connectivity index (χ1n) is 5.04. The lowest BCUT2D eigenvalue weighted by atomic mass is 10.0. The maximum atomic E-state index is 11.7. The summed E-state index contributed by atoms with van der Waals surface area (Å²) in [5.74, 6) is -1.60. The molecule has 0 radical (unpaired) electrons. The summed E-state index contributed by atoms with van der Waals surface area (Å²) in [5, 5.41) is 11.2. The molecule has 92 valence electrons. The van der Waals surface area contributed by atoms with Gasteiger partial charge in [-0.1, -0.05) is 0 Å². The van der Waals surface area contributed by atoms with Gasteiger partial charge in [-0.2, -0.15) is 0 Å². The van der Waals surface area contributed by atoms with Gasteiger partial charge in [-0.3, -0.25) is 14.4 Å². The van der Waals surface area contributed by atoms with E-state index in [4.69, 9.17) is 5.11 Å². The third kappa shape index (κ3) is 3.75. The van der Waals surface area contributed by atoms with Gasteiger partial charge in [-0.05, 0) is 26.0 Å². The molecule has 1 heterocycles. The molecule has 0 unspecified atom stereocenters. The number of aliphatic carboxylic acids is 1. The van der Waals surface area contributed by atoms with Gasteiger partial charge in [0.1, 0.15) is 5.56 Å². The Morgan fingerprint density at radius 2 is 2.12 bits per heavy atom. The van der Waals surface area contributed by atoms with Gasteiger partial charge in [0.15, 0.2) is 0 Å². The van der Waals surface area contributed by atoms with Gasteiger partial charge in [0.2, 0.25) is 0 Å². The highest BCUT2D eigenvalue weighted by Crippen LogP contribution is 2.08. The standard InChI is InChI=1S/C11H14N2O4/c1-11(2,6-8(14)15)13-10(17)7-4-3-5-12-9(7)16/h3-5H,6H2,1-2H3,(H,12,16)(H,13,17)(H,14,15). The zero-order valence-electron chi connectivity index (χ0n) is 9.61. The summed E-state index contributed by atoms with van der Waals surface area (Å²) in [5.41, 5.74) is -1.45. The van der Waals surface area contributed by atoms with E-state index in [2.05, 4.69) is 10.3 Å². The second-order valence-electron chi connectivity index (χ2n) is 4.32. The largest absolute Gasteiger partial charge is 0.481 e. The Morgan fingerprint density at radius 1 is 1.47 bits per heavy atom. The Morgan fingerprint density at radius 3 is 2.65 bits per heavy atom. The Balaban J connectivity index is 2.83. The number of carbonyl (C=O) groups is 2. The molecule has 0 aromatic carbocycles. The van der Waals surface area contributed by atoms with Crippen molar-refractivity contribution in [3.63, 3.8) is 0 Å². The molecule has 0 aliphatic carbocycles. The number of pyridine rings is 1. The van der Waals surface area contributed by atoms with E-state index in [0.717, 1.165) is 0 Å². The van der Waals surface area contributed by atoms with Crippen molar-refractivity contribution in [2.24, 2.45) is 0 Å². The van der Waals surface area contributed by atoms with E-state index in [1.165, 1.54) is 18.3 Å². The average Bonchev–Trinajstić information content (AvgIpc) is 2.14. The molecule has 0 bridgehead atoms. The number of carbonyl (C=O) groups excluding carboxylic acids is 1. The number of rotatable bonds is 4. The molecular weight excluding hydrogens is 224 g/mol. The number of aromatic nitrogens is 1. The van der Waals surface area contributed by atoms with E-state index >= 15 is 0 Å². The predicted octanol–water partition coefficient (Wildman–Crippen LogP) is 0.358. The van der Waals surface area contributed by atoms with Crippen LogP contribution in [0.15, 0.2) is 23.1 Å². The van der Waals surface area contributed by atoms with Crippen molar-refractivity contribution in [3.05, 3.63) is 34.2 Å². The van der Waals surface area contributed by atoms with Gasteiger partial charge in [0.05, 0.1) is 6.42 Å². The maximum absolute atomic E-state index is 11.7. The van der Waals surface area contributed by atoms with E-state index < -0.39 is 23.0 Å². The monoisotopic (exact) mass is 238 g/mol. The Labute approximate surface area is 97.7 Å². The van der Waals surface area contributed by atoms with Crippen molar-refractivity contribution < 1.29 is 14.7 Å². The molecule has 0 aliphatic heterocycles. The SMILES string of the molecule is CC(C)(CC(=O)O)NC(=O)c1ccc[nH]c1=O. The molecule has 1 aromatic rings. The van der Waals surface area contributed by atoms with Gasteiger partial charge in [-0.25, -0.2) is 0 Å². The lowest BCUT2D eigenvalue weighted by molar-refractivity contribution is -0.138. The van der Waals surface area contributed by atoms with Gasteiger partial charge < -0.3 is 15.4 Å². The third-order valence-corrected chi connectivity index (χ3v) is 2.11. The molecule has 6 heteroatoms. The van der Waals surface area contributed by atoms with Crippen LogP contribution in [0.5, 0.6) is 0 Å². The summed E-state index contributed by atoms with van der Waals surface area (Å²) >= 11 is 0. The van der Waals surface area contributed by atoms with Crippen LogP contribution in [-0.2, 0) is 4.79 Å². The fraction of sp³-hybridized carbons (Fsp3) is 0.364. The normalized spacial score (nSPS) is 10.9. The van der Waals surface area contributed by atoms with Crippen LogP contribution in [0.1, 0.15) is 30.6 Å². The number of hydrogen-bond donors (Lipinski definition) is 3. The molecule has 3 N–H and O–H groups in total. The molecule has 0 saturated carbocycles. The lowest BCUT2D eigenvalue weighted by Crippen LogP contribution is -2.46. The first kappa shape index (κ1) is 13.0. The number of nitrogens with one attached hydrogen (secondary N) is 2. The van der Waals surface area contributed by atoms with Crippen molar-refractivity contribution >= 4 is 11.9 Å². The molecule has 1 aromatic heterocycles. The number of carboxylic acid groups (broad SMARTS) is 1. The van der Waals surface area contributed by atoms with Crippen molar-refractivity contribution in [1.29, 1.82) is 0 Å². The zero-order valence-corrected chi connectivity index (χ0v) is 9.61. The Hall–Kier alpha value is -2.11. The molecule has 0 fully saturated rings. The van der Waals surface area contributed by atoms with Crippen LogP contribution < -0.4 is 10.9 Å². The molecular formula is C11H14N2O4. The highest BCUT2D eigenvalue weighted by atomic mass is 16.4. The third-order valence-electron chi connectivity index (χ3n) is 2.11. The summed E-state index contributed by atoms with van der Waals surface area (Å²) in [7, 11) is 0. The zero-order chi connectivity index (χ0) is 13.1. The topological polar surface area (TPSA) is 99.3 Å². The van der Waals surface area contributed by atoms with Crippen LogP contribution in [0.4, 0.5) is 0 Å². The summed E-state index contributed by atoms with van der Waals surface area (Å²) in [6, 6.07) is 2.91. The molecule has 0 atom stereocenters. The second-order valence-corrected chi connectivity index (χ2v) is 4.32. The smallest absolute Gasteiger partial charge is 0.305 e. The Bertz CT molecular complexity index is 490. The molecule has 0 aliphatic rings. The number of hydrogen-bond acceptors (Lipinski definition) is 3. The molecule has 1 amide bonds. The fourth-order valence-electron chi connectivity index (χ4n) is 1.40. The number of amides is 1. The summed E-state index contributed by atoms with van der Waals surface area (Å²) < 4.78 is 0. The first-order valence-corrected chi connectivity index (χ1v) is 5.04. The van der Waals surface area contributed by atoms with E-state index in [1.54, 1.807) is 13.8 Å². The van der Waals surface area contributed by atoms with Crippen LogP contribution in [-0.4, -0.2) is 27.5 Å². The van der Waals surface area contributed by atoms with E-state index in [9.17, 15) is 14.4 Å². The lowest BCUT2D eigenvalue weighted by Gasteiger charge is -2.23. The minimum absolute atomic E-state index is 0.0361. The predicted molar refractivity (Wildman–Crippen MR) is 60.9 cm³/mol. The van der Waals surface area contributed by atoms with E-state index in [0.29, 0.717) is 0 Å². The molecule has 1 rings (SSSR count). The van der Waals surface area contributed by atoms with Crippen molar-refractivity contribution in [2.45, 2.75) is 25.8 Å².